The van der Waals surface area contributed by atoms with E-state index in [0.717, 1.165) is 18.2 Å². The Morgan fingerprint density at radius 1 is 1.03 bits per heavy atom. The average molecular weight is 529 g/mol. The van der Waals surface area contributed by atoms with E-state index in [4.69, 9.17) is 9.84 Å². The van der Waals surface area contributed by atoms with Crippen LogP contribution in [0.4, 0.5) is 42.5 Å². The minimum atomic E-state index is -5.01. The standard InChI is InChI=1S/C24H21F6N3O4/c1-2-37-20-8-15(11-31-21(20)35)13-4-6-19(18(25)7-13)33-22(36)32-16-5-3-14(10-23(26,27)12-34)17(9-16)24(28,29)30/h3-9,11,34H,2,10,12H2,1H3,(H,31,35)(H2,32,33,36). The van der Waals surface area contributed by atoms with Crippen molar-refractivity contribution >= 4 is 17.4 Å². The number of anilines is 2. The Bertz CT molecular complexity index is 1340. The van der Waals surface area contributed by atoms with Gasteiger partial charge in [0.1, 0.15) is 12.4 Å². The van der Waals surface area contributed by atoms with Crippen LogP contribution in [0.15, 0.2) is 53.5 Å². The second-order valence-electron chi connectivity index (χ2n) is 7.85. The van der Waals surface area contributed by atoms with Gasteiger partial charge in [0.05, 0.1) is 17.9 Å². The maximum absolute atomic E-state index is 14.6. The molecule has 37 heavy (non-hydrogen) atoms. The van der Waals surface area contributed by atoms with Crippen molar-refractivity contribution in [3.8, 4) is 16.9 Å². The summed E-state index contributed by atoms with van der Waals surface area (Å²) in [6, 6.07) is 6.23. The van der Waals surface area contributed by atoms with Crippen LogP contribution < -0.4 is 20.9 Å². The number of carbonyl (C=O) groups is 1. The molecular formula is C24H21F6N3O4. The lowest BCUT2D eigenvalue weighted by Gasteiger charge is -2.19. The Kier molecular flexibility index (Phi) is 8.16. The van der Waals surface area contributed by atoms with E-state index in [9.17, 15) is 35.9 Å². The van der Waals surface area contributed by atoms with Gasteiger partial charge in [-0.2, -0.15) is 13.2 Å². The largest absolute Gasteiger partial charge is 0.488 e. The predicted octanol–water partition coefficient (Wildman–Crippen LogP) is 5.41. The zero-order chi connectivity index (χ0) is 27.4. The molecule has 198 valence electrons. The van der Waals surface area contributed by atoms with Crippen LogP contribution >= 0.6 is 0 Å². The number of ether oxygens (including phenoxy) is 1. The van der Waals surface area contributed by atoms with Gasteiger partial charge in [-0.25, -0.2) is 18.0 Å². The van der Waals surface area contributed by atoms with E-state index in [1.54, 1.807) is 6.92 Å². The first kappa shape index (κ1) is 27.6. The molecule has 0 bridgehead atoms. The highest BCUT2D eigenvalue weighted by Crippen LogP contribution is 2.36. The van der Waals surface area contributed by atoms with Crippen molar-refractivity contribution in [2.45, 2.75) is 25.4 Å². The number of carbonyl (C=O) groups excluding carboxylic acids is 1. The SMILES string of the molecule is CCOc1cc(-c2ccc(NC(=O)Nc3ccc(CC(F)(F)CO)c(C(F)(F)F)c3)c(F)c2)c[nH]c1=O. The van der Waals surface area contributed by atoms with Gasteiger partial charge in [0, 0.05) is 23.9 Å². The Morgan fingerprint density at radius 3 is 2.38 bits per heavy atom. The third-order valence-electron chi connectivity index (χ3n) is 5.07. The maximum Gasteiger partial charge on any atom is 0.416 e. The first-order valence-corrected chi connectivity index (χ1v) is 10.7. The molecule has 0 saturated heterocycles. The molecule has 13 heteroatoms. The van der Waals surface area contributed by atoms with E-state index in [1.165, 1.54) is 24.4 Å². The van der Waals surface area contributed by atoms with Gasteiger partial charge in [-0.05, 0) is 48.4 Å². The van der Waals surface area contributed by atoms with Gasteiger partial charge in [0.2, 0.25) is 0 Å². The van der Waals surface area contributed by atoms with Crippen molar-refractivity contribution < 1.29 is 41.0 Å². The molecule has 7 nitrogen and oxygen atoms in total. The van der Waals surface area contributed by atoms with E-state index in [0.29, 0.717) is 17.2 Å². The molecule has 0 aliphatic heterocycles. The quantitative estimate of drug-likeness (QED) is 0.293. The molecule has 0 fully saturated rings. The lowest BCUT2D eigenvalue weighted by Crippen LogP contribution is -2.26. The molecule has 1 heterocycles. The van der Waals surface area contributed by atoms with Crippen LogP contribution in [0.3, 0.4) is 0 Å². The molecule has 1 aromatic heterocycles. The van der Waals surface area contributed by atoms with Crippen molar-refractivity contribution in [3.05, 3.63) is 76.0 Å². The summed E-state index contributed by atoms with van der Waals surface area (Å²) in [5, 5.41) is 12.9. The number of rotatable bonds is 8. The molecule has 0 atom stereocenters. The number of benzene rings is 2. The maximum atomic E-state index is 14.6. The number of hydrogen-bond donors (Lipinski definition) is 4. The van der Waals surface area contributed by atoms with Crippen molar-refractivity contribution in [3.63, 3.8) is 0 Å². The van der Waals surface area contributed by atoms with E-state index >= 15 is 0 Å². The molecule has 2 amide bonds. The molecule has 0 aliphatic rings. The predicted molar refractivity (Wildman–Crippen MR) is 123 cm³/mol. The van der Waals surface area contributed by atoms with Gasteiger partial charge in [0.25, 0.3) is 11.5 Å². The summed E-state index contributed by atoms with van der Waals surface area (Å²) < 4.78 is 87.0. The number of urea groups is 1. The minimum absolute atomic E-state index is 0.0336. The van der Waals surface area contributed by atoms with Crippen LogP contribution in [0.25, 0.3) is 11.1 Å². The fourth-order valence-corrected chi connectivity index (χ4v) is 3.38. The van der Waals surface area contributed by atoms with E-state index in [1.807, 2.05) is 0 Å². The van der Waals surface area contributed by atoms with Crippen LogP contribution in [0.1, 0.15) is 18.1 Å². The number of H-pyrrole nitrogens is 1. The van der Waals surface area contributed by atoms with Gasteiger partial charge in [-0.1, -0.05) is 12.1 Å². The van der Waals surface area contributed by atoms with Crippen LogP contribution in [-0.4, -0.2) is 35.3 Å². The first-order valence-electron chi connectivity index (χ1n) is 10.7. The van der Waals surface area contributed by atoms with E-state index in [-0.39, 0.29) is 23.7 Å². The highest BCUT2D eigenvalue weighted by Gasteiger charge is 2.37. The molecule has 0 radical (unpaired) electrons. The second kappa shape index (κ2) is 10.9. The van der Waals surface area contributed by atoms with Crippen LogP contribution in [-0.2, 0) is 12.6 Å². The molecule has 3 aromatic rings. The molecule has 0 unspecified atom stereocenters. The lowest BCUT2D eigenvalue weighted by atomic mass is 10.00. The minimum Gasteiger partial charge on any atom is -0.488 e. The number of pyridine rings is 1. The van der Waals surface area contributed by atoms with E-state index < -0.39 is 53.7 Å². The number of hydrogen-bond acceptors (Lipinski definition) is 4. The molecule has 0 spiro atoms. The number of amides is 2. The average Bonchev–Trinajstić information content (AvgIpc) is 2.82. The Hall–Kier alpha value is -4.00. The highest BCUT2D eigenvalue weighted by molar-refractivity contribution is 6.00. The Morgan fingerprint density at radius 2 is 1.76 bits per heavy atom. The van der Waals surface area contributed by atoms with Crippen molar-refractivity contribution in [2.24, 2.45) is 0 Å². The van der Waals surface area contributed by atoms with Crippen LogP contribution in [0, 0.1) is 5.82 Å². The molecular weight excluding hydrogens is 508 g/mol. The second-order valence-corrected chi connectivity index (χ2v) is 7.85. The monoisotopic (exact) mass is 529 g/mol. The molecule has 4 N–H and O–H groups in total. The van der Waals surface area contributed by atoms with Gasteiger partial charge in [-0.3, -0.25) is 4.79 Å². The van der Waals surface area contributed by atoms with Crippen LogP contribution in [0.5, 0.6) is 5.75 Å². The number of aliphatic hydroxyl groups excluding tert-OH is 1. The summed E-state index contributed by atoms with van der Waals surface area (Å²) in [7, 11) is 0. The first-order chi connectivity index (χ1) is 17.3. The summed E-state index contributed by atoms with van der Waals surface area (Å²) in [6.07, 6.45) is -5.03. The number of halogens is 6. The zero-order valence-electron chi connectivity index (χ0n) is 19.2. The number of aromatic amines is 1. The van der Waals surface area contributed by atoms with Gasteiger partial charge in [-0.15, -0.1) is 0 Å². The third-order valence-corrected chi connectivity index (χ3v) is 5.07. The van der Waals surface area contributed by atoms with Gasteiger partial charge in [0.15, 0.2) is 5.75 Å². The number of aromatic nitrogens is 1. The fraction of sp³-hybridized carbons (Fsp3) is 0.250. The van der Waals surface area contributed by atoms with Gasteiger partial charge >= 0.3 is 12.2 Å². The summed E-state index contributed by atoms with van der Waals surface area (Å²) >= 11 is 0. The zero-order valence-corrected chi connectivity index (χ0v) is 19.2. The number of aliphatic hydroxyl groups is 1. The fourth-order valence-electron chi connectivity index (χ4n) is 3.38. The van der Waals surface area contributed by atoms with Gasteiger partial charge < -0.3 is 25.5 Å². The molecule has 3 rings (SSSR count). The number of alkyl halides is 5. The Labute approximate surface area is 206 Å². The molecule has 2 aromatic carbocycles. The Balaban J connectivity index is 1.77. The third kappa shape index (κ3) is 7.03. The van der Waals surface area contributed by atoms with Crippen LogP contribution in [0.2, 0.25) is 0 Å². The van der Waals surface area contributed by atoms with Crippen molar-refractivity contribution in [2.75, 3.05) is 23.8 Å². The number of nitrogens with one attached hydrogen (secondary N) is 3. The summed E-state index contributed by atoms with van der Waals surface area (Å²) in [4.78, 5) is 26.5. The summed E-state index contributed by atoms with van der Waals surface area (Å²) in [5.41, 5.74) is -2.57. The smallest absolute Gasteiger partial charge is 0.416 e. The summed E-state index contributed by atoms with van der Waals surface area (Å²) in [5.74, 6) is -4.61. The molecule has 0 saturated carbocycles. The van der Waals surface area contributed by atoms with Crippen molar-refractivity contribution in [1.29, 1.82) is 0 Å². The normalized spacial score (nSPS) is 11.8. The lowest BCUT2D eigenvalue weighted by molar-refractivity contribution is -0.139. The summed E-state index contributed by atoms with van der Waals surface area (Å²) in [6.45, 7) is 0.291. The van der Waals surface area contributed by atoms with Crippen molar-refractivity contribution in [1.82, 2.24) is 4.98 Å². The van der Waals surface area contributed by atoms with E-state index in [2.05, 4.69) is 15.6 Å². The highest BCUT2D eigenvalue weighted by atomic mass is 19.4. The molecule has 0 aliphatic carbocycles. The topological polar surface area (TPSA) is 103 Å².